The van der Waals surface area contributed by atoms with Crippen LogP contribution >= 0.6 is 0 Å². The zero-order valence-electron chi connectivity index (χ0n) is 16.5. The molecule has 3 aromatic rings. The molecule has 3 aromatic carbocycles. The van der Waals surface area contributed by atoms with E-state index in [1.165, 1.54) is 0 Å². The van der Waals surface area contributed by atoms with Crippen molar-refractivity contribution in [3.8, 4) is 0 Å². The number of aliphatic hydroxyl groups excluding tert-OH is 3. The minimum absolute atomic E-state index is 0.0199. The summed E-state index contributed by atoms with van der Waals surface area (Å²) in [6, 6.07) is 29.6. The predicted molar refractivity (Wildman–Crippen MR) is 113 cm³/mol. The van der Waals surface area contributed by atoms with Gasteiger partial charge in [-0.1, -0.05) is 91.0 Å². The molecule has 4 atom stereocenters. The van der Waals surface area contributed by atoms with Crippen molar-refractivity contribution in [2.75, 3.05) is 6.61 Å². The molecule has 1 heterocycles. The molecule has 0 radical (unpaired) electrons. The number of rotatable bonds is 6. The van der Waals surface area contributed by atoms with E-state index in [2.05, 4.69) is 0 Å². The van der Waals surface area contributed by atoms with Gasteiger partial charge in [-0.2, -0.15) is 0 Å². The molecule has 1 aliphatic heterocycles. The third-order valence-corrected chi connectivity index (χ3v) is 5.56. The van der Waals surface area contributed by atoms with Crippen molar-refractivity contribution in [3.63, 3.8) is 0 Å². The number of ether oxygens (including phenoxy) is 2. The van der Waals surface area contributed by atoms with Gasteiger partial charge in [-0.15, -0.1) is 0 Å². The van der Waals surface area contributed by atoms with Gasteiger partial charge in [0.1, 0.15) is 17.8 Å². The molecule has 0 aliphatic carbocycles. The molecule has 30 heavy (non-hydrogen) atoms. The van der Waals surface area contributed by atoms with Crippen LogP contribution in [0.15, 0.2) is 91.0 Å². The second kappa shape index (κ2) is 9.08. The maximum absolute atomic E-state index is 10.4. The molecular formula is C25H26O5. The average molecular weight is 406 g/mol. The van der Waals surface area contributed by atoms with Gasteiger partial charge in [-0.25, -0.2) is 0 Å². The van der Waals surface area contributed by atoms with Crippen LogP contribution in [0.5, 0.6) is 0 Å². The maximum atomic E-state index is 10.4. The van der Waals surface area contributed by atoms with Gasteiger partial charge in [-0.3, -0.25) is 0 Å². The second-order valence-corrected chi connectivity index (χ2v) is 7.51. The van der Waals surface area contributed by atoms with Crippen LogP contribution in [0.1, 0.15) is 23.1 Å². The van der Waals surface area contributed by atoms with Crippen LogP contribution in [0.25, 0.3) is 0 Å². The number of benzene rings is 3. The van der Waals surface area contributed by atoms with E-state index in [-0.39, 0.29) is 13.0 Å². The first-order valence-corrected chi connectivity index (χ1v) is 10.1. The Kier molecular flexibility index (Phi) is 6.27. The highest BCUT2D eigenvalue weighted by atomic mass is 16.6. The van der Waals surface area contributed by atoms with Crippen LogP contribution in [0.2, 0.25) is 0 Å². The highest BCUT2D eigenvalue weighted by molar-refractivity contribution is 5.47. The van der Waals surface area contributed by atoms with Crippen molar-refractivity contribution in [2.45, 2.75) is 36.6 Å². The Balaban J connectivity index is 1.79. The SMILES string of the molecule is O[C@H]1[C@H](COC(c2ccccc2)(c2ccccc2)c2ccccc2)O[C@@H](O)C[C@@H]1O. The van der Waals surface area contributed by atoms with Gasteiger partial charge < -0.3 is 24.8 Å². The smallest absolute Gasteiger partial charge is 0.157 e. The van der Waals surface area contributed by atoms with E-state index in [0.717, 1.165) is 16.7 Å². The van der Waals surface area contributed by atoms with Crippen molar-refractivity contribution >= 4 is 0 Å². The summed E-state index contributed by atoms with van der Waals surface area (Å²) in [6.45, 7) is -0.0199. The van der Waals surface area contributed by atoms with Gasteiger partial charge >= 0.3 is 0 Å². The zero-order chi connectivity index (χ0) is 21.0. The Morgan fingerprint density at radius 1 is 0.733 bits per heavy atom. The first-order chi connectivity index (χ1) is 14.6. The van der Waals surface area contributed by atoms with E-state index in [4.69, 9.17) is 9.47 Å². The summed E-state index contributed by atoms with van der Waals surface area (Å²) >= 11 is 0. The largest absolute Gasteiger partial charge is 0.390 e. The van der Waals surface area contributed by atoms with E-state index in [1.54, 1.807) is 0 Å². The first-order valence-electron chi connectivity index (χ1n) is 10.1. The van der Waals surface area contributed by atoms with Crippen molar-refractivity contribution in [3.05, 3.63) is 108 Å². The highest BCUT2D eigenvalue weighted by Crippen LogP contribution is 2.41. The molecule has 0 spiro atoms. The van der Waals surface area contributed by atoms with Crippen LogP contribution in [0, 0.1) is 0 Å². The van der Waals surface area contributed by atoms with Gasteiger partial charge in [0.05, 0.1) is 12.7 Å². The molecule has 5 nitrogen and oxygen atoms in total. The molecule has 0 bridgehead atoms. The Labute approximate surface area is 176 Å². The van der Waals surface area contributed by atoms with Gasteiger partial charge in [0.2, 0.25) is 0 Å². The molecule has 0 amide bonds. The quantitative estimate of drug-likeness (QED) is 0.549. The number of hydrogen-bond acceptors (Lipinski definition) is 5. The third-order valence-electron chi connectivity index (χ3n) is 5.56. The average Bonchev–Trinajstić information content (AvgIpc) is 2.79. The lowest BCUT2D eigenvalue weighted by Gasteiger charge is -2.40. The van der Waals surface area contributed by atoms with E-state index in [9.17, 15) is 15.3 Å². The molecular weight excluding hydrogens is 380 g/mol. The van der Waals surface area contributed by atoms with Crippen molar-refractivity contribution in [1.82, 2.24) is 0 Å². The number of hydrogen-bond donors (Lipinski definition) is 3. The van der Waals surface area contributed by atoms with Gasteiger partial charge in [0, 0.05) is 6.42 Å². The fraction of sp³-hybridized carbons (Fsp3) is 0.280. The molecule has 5 heteroatoms. The van der Waals surface area contributed by atoms with Crippen LogP contribution < -0.4 is 0 Å². The maximum Gasteiger partial charge on any atom is 0.157 e. The highest BCUT2D eigenvalue weighted by Gasteiger charge is 2.41. The Morgan fingerprint density at radius 2 is 1.17 bits per heavy atom. The fourth-order valence-electron chi connectivity index (χ4n) is 4.05. The molecule has 1 aliphatic rings. The normalized spacial score (nSPS) is 24.5. The monoisotopic (exact) mass is 406 g/mol. The Hall–Kier alpha value is -2.54. The second-order valence-electron chi connectivity index (χ2n) is 7.51. The summed E-state index contributed by atoms with van der Waals surface area (Å²) in [5.74, 6) is 0. The van der Waals surface area contributed by atoms with Crippen LogP contribution in [0.4, 0.5) is 0 Å². The van der Waals surface area contributed by atoms with Crippen molar-refractivity contribution in [2.24, 2.45) is 0 Å². The van der Waals surface area contributed by atoms with Crippen LogP contribution in [0.3, 0.4) is 0 Å². The summed E-state index contributed by atoms with van der Waals surface area (Å²) < 4.78 is 12.1. The van der Waals surface area contributed by atoms with Crippen molar-refractivity contribution in [1.29, 1.82) is 0 Å². The number of aliphatic hydroxyl groups is 3. The van der Waals surface area contributed by atoms with Crippen LogP contribution in [-0.2, 0) is 15.1 Å². The zero-order valence-corrected chi connectivity index (χ0v) is 16.5. The minimum atomic E-state index is -1.14. The topological polar surface area (TPSA) is 79.2 Å². The van der Waals surface area contributed by atoms with Gasteiger partial charge in [0.15, 0.2) is 6.29 Å². The molecule has 156 valence electrons. The Bertz CT molecular complexity index is 819. The lowest BCUT2D eigenvalue weighted by molar-refractivity contribution is -0.248. The summed E-state index contributed by atoms with van der Waals surface area (Å²) in [5.41, 5.74) is 1.82. The van der Waals surface area contributed by atoms with Gasteiger partial charge in [-0.05, 0) is 16.7 Å². The van der Waals surface area contributed by atoms with E-state index < -0.39 is 30.2 Å². The van der Waals surface area contributed by atoms with Crippen LogP contribution in [-0.4, -0.2) is 46.5 Å². The Morgan fingerprint density at radius 3 is 1.60 bits per heavy atom. The molecule has 0 unspecified atom stereocenters. The standard InChI is InChI=1S/C25H26O5/c26-21-16-23(27)30-22(24(21)28)17-29-25(18-10-4-1-5-11-18,19-12-6-2-7-13-19)20-14-8-3-9-15-20/h1-15,21-24,26-28H,16-17H2/t21-,22-,23+,24+/m0/s1. The predicted octanol–water partition coefficient (Wildman–Crippen LogP) is 2.82. The van der Waals surface area contributed by atoms with Crippen molar-refractivity contribution < 1.29 is 24.8 Å². The molecule has 1 fully saturated rings. The van der Waals surface area contributed by atoms with E-state index in [0.29, 0.717) is 0 Å². The summed E-state index contributed by atoms with van der Waals surface area (Å²) in [4.78, 5) is 0. The summed E-state index contributed by atoms with van der Waals surface area (Å²) in [7, 11) is 0. The molecule has 4 rings (SSSR count). The van der Waals surface area contributed by atoms with Gasteiger partial charge in [0.25, 0.3) is 0 Å². The lowest BCUT2D eigenvalue weighted by Crippen LogP contribution is -2.51. The molecule has 0 saturated carbocycles. The molecule has 1 saturated heterocycles. The summed E-state index contributed by atoms with van der Waals surface area (Å²) in [5, 5.41) is 30.4. The fourth-order valence-corrected chi connectivity index (χ4v) is 4.05. The van der Waals surface area contributed by atoms with E-state index >= 15 is 0 Å². The summed E-state index contributed by atoms with van der Waals surface area (Å²) in [6.07, 6.45) is -4.25. The third kappa shape index (κ3) is 4.03. The minimum Gasteiger partial charge on any atom is -0.390 e. The molecule has 3 N–H and O–H groups in total. The van der Waals surface area contributed by atoms with E-state index in [1.807, 2.05) is 91.0 Å². The lowest BCUT2D eigenvalue weighted by atomic mass is 9.80. The molecule has 0 aromatic heterocycles. The first kappa shape index (κ1) is 20.7.